The topological polar surface area (TPSA) is 78.0 Å². The first-order chi connectivity index (χ1) is 11.6. The molecule has 2 rings (SSSR count). The van der Waals surface area contributed by atoms with Gasteiger partial charge in [0.05, 0.1) is 19.3 Å². The summed E-state index contributed by atoms with van der Waals surface area (Å²) in [5, 5.41) is 9.59. The Morgan fingerprint density at radius 2 is 2.24 bits per heavy atom. The Morgan fingerprint density at radius 3 is 2.88 bits per heavy atom. The lowest BCUT2D eigenvalue weighted by atomic mass is 10.2. The fourth-order valence-corrected chi connectivity index (χ4v) is 2.81. The number of ether oxygens (including phenoxy) is 1. The molecule has 1 aliphatic rings. The molecule has 0 aliphatic carbocycles. The number of hydrogen-bond donors (Lipinski definition) is 3. The number of hydrogen-bond acceptors (Lipinski definition) is 4. The van der Waals surface area contributed by atoms with E-state index in [2.05, 4.69) is 25.8 Å². The van der Waals surface area contributed by atoms with Crippen molar-refractivity contribution in [1.29, 1.82) is 0 Å². The summed E-state index contributed by atoms with van der Waals surface area (Å²) in [5.74, 6) is 1.33. The molecule has 7 nitrogen and oxygen atoms in total. The van der Waals surface area contributed by atoms with Crippen LogP contribution in [0, 0.1) is 0 Å². The van der Waals surface area contributed by atoms with Gasteiger partial charge in [0, 0.05) is 38.2 Å². The fourth-order valence-electron chi connectivity index (χ4n) is 2.65. The average Bonchev–Trinajstić information content (AvgIpc) is 3.06. The Labute approximate surface area is 170 Å². The van der Waals surface area contributed by atoms with Crippen molar-refractivity contribution < 1.29 is 9.53 Å². The number of carbonyl (C=O) groups is 1. The smallest absolute Gasteiger partial charge is 0.239 e. The van der Waals surface area contributed by atoms with E-state index in [4.69, 9.17) is 16.3 Å². The van der Waals surface area contributed by atoms with Gasteiger partial charge in [-0.15, -0.1) is 24.0 Å². The van der Waals surface area contributed by atoms with Gasteiger partial charge < -0.3 is 25.6 Å². The normalized spacial score (nSPS) is 16.9. The van der Waals surface area contributed by atoms with Gasteiger partial charge in [-0.1, -0.05) is 11.6 Å². The van der Waals surface area contributed by atoms with Gasteiger partial charge in [0.15, 0.2) is 5.96 Å². The summed E-state index contributed by atoms with van der Waals surface area (Å²) < 4.78 is 5.43. The van der Waals surface area contributed by atoms with Crippen LogP contribution in [0.25, 0.3) is 0 Å². The first-order valence-electron chi connectivity index (χ1n) is 7.83. The van der Waals surface area contributed by atoms with Crippen molar-refractivity contribution in [2.75, 3.05) is 45.7 Å². The van der Waals surface area contributed by atoms with Crippen molar-refractivity contribution in [3.05, 3.63) is 23.2 Å². The van der Waals surface area contributed by atoms with Crippen LogP contribution in [-0.4, -0.2) is 58.7 Å². The summed E-state index contributed by atoms with van der Waals surface area (Å²) in [4.78, 5) is 17.7. The summed E-state index contributed by atoms with van der Waals surface area (Å²) in [7, 11) is 4.95. The Bertz CT molecular complexity index is 614. The Kier molecular flexibility index (Phi) is 9.12. The standard InChI is InChI=1S/C16H24ClN5O2.HI/c1-18-15(23)9-20-16(19-2)21-12-6-7-22(10-12)13-8-11(17)4-5-14(13)24-3;/h4-5,8,12H,6-7,9-10H2,1-3H3,(H,18,23)(H2,19,20,21);1H. The van der Waals surface area contributed by atoms with Gasteiger partial charge in [0.25, 0.3) is 0 Å². The number of amides is 1. The number of aliphatic imine (C=N–C) groups is 1. The predicted molar refractivity (Wildman–Crippen MR) is 113 cm³/mol. The third-order valence-corrected chi connectivity index (χ3v) is 4.16. The second-order valence-electron chi connectivity index (χ2n) is 5.49. The number of benzene rings is 1. The zero-order chi connectivity index (χ0) is 17.5. The van der Waals surface area contributed by atoms with Crippen LogP contribution in [0.4, 0.5) is 5.69 Å². The van der Waals surface area contributed by atoms with Crippen molar-refractivity contribution in [2.45, 2.75) is 12.5 Å². The first kappa shape index (κ1) is 21.6. The summed E-state index contributed by atoms with van der Waals surface area (Å²) in [5.41, 5.74) is 0.989. The molecule has 25 heavy (non-hydrogen) atoms. The molecule has 1 aromatic rings. The number of methoxy groups -OCH3 is 1. The number of nitrogens with zero attached hydrogens (tertiary/aromatic N) is 2. The highest BCUT2D eigenvalue weighted by Gasteiger charge is 2.25. The van der Waals surface area contributed by atoms with E-state index in [0.717, 1.165) is 30.9 Å². The lowest BCUT2D eigenvalue weighted by molar-refractivity contribution is -0.119. The highest BCUT2D eigenvalue weighted by Crippen LogP contribution is 2.33. The number of guanidine groups is 1. The molecule has 0 aromatic heterocycles. The largest absolute Gasteiger partial charge is 0.495 e. The summed E-state index contributed by atoms with van der Waals surface area (Å²) in [6.45, 7) is 1.88. The maximum absolute atomic E-state index is 11.3. The first-order valence-corrected chi connectivity index (χ1v) is 8.21. The van der Waals surface area contributed by atoms with Gasteiger partial charge in [-0.2, -0.15) is 0 Å². The molecule has 3 N–H and O–H groups in total. The minimum absolute atomic E-state index is 0. The van der Waals surface area contributed by atoms with Gasteiger partial charge in [-0.25, -0.2) is 0 Å². The van der Waals surface area contributed by atoms with Crippen molar-refractivity contribution in [1.82, 2.24) is 16.0 Å². The zero-order valence-electron chi connectivity index (χ0n) is 14.6. The Balaban J connectivity index is 0.00000312. The second-order valence-corrected chi connectivity index (χ2v) is 5.93. The maximum Gasteiger partial charge on any atom is 0.239 e. The molecule has 1 aliphatic heterocycles. The van der Waals surface area contributed by atoms with E-state index in [-0.39, 0.29) is 42.5 Å². The molecule has 1 heterocycles. The van der Waals surface area contributed by atoms with Crippen molar-refractivity contribution in [3.8, 4) is 5.75 Å². The summed E-state index contributed by atoms with van der Waals surface area (Å²) in [6.07, 6.45) is 0.955. The van der Waals surface area contributed by atoms with Gasteiger partial charge in [-0.3, -0.25) is 9.79 Å². The number of nitrogens with one attached hydrogen (secondary N) is 3. The van der Waals surface area contributed by atoms with Crippen LogP contribution >= 0.6 is 35.6 Å². The van der Waals surface area contributed by atoms with E-state index in [1.54, 1.807) is 21.2 Å². The molecule has 0 radical (unpaired) electrons. The minimum atomic E-state index is -0.0883. The van der Waals surface area contributed by atoms with Crippen LogP contribution < -0.4 is 25.6 Å². The van der Waals surface area contributed by atoms with Gasteiger partial charge in [0.1, 0.15) is 5.75 Å². The van der Waals surface area contributed by atoms with E-state index in [1.165, 1.54) is 0 Å². The van der Waals surface area contributed by atoms with Gasteiger partial charge in [0.2, 0.25) is 5.91 Å². The van der Waals surface area contributed by atoms with Gasteiger partial charge >= 0.3 is 0 Å². The SMILES string of the molecule is CN=C(NCC(=O)NC)NC1CCN(c2cc(Cl)ccc2OC)C1.I. The number of rotatable bonds is 5. The predicted octanol–water partition coefficient (Wildman–Crippen LogP) is 1.46. The molecule has 9 heteroatoms. The van der Waals surface area contributed by atoms with E-state index in [9.17, 15) is 4.79 Å². The molecule has 1 aromatic carbocycles. The number of anilines is 1. The van der Waals surface area contributed by atoms with Crippen LogP contribution in [0.1, 0.15) is 6.42 Å². The van der Waals surface area contributed by atoms with Crippen LogP contribution in [0.5, 0.6) is 5.75 Å². The molecule has 1 amide bonds. The molecule has 0 saturated carbocycles. The van der Waals surface area contributed by atoms with Crippen LogP contribution in [0.2, 0.25) is 5.02 Å². The molecule has 140 valence electrons. The van der Waals surface area contributed by atoms with Crippen LogP contribution in [0.15, 0.2) is 23.2 Å². The lowest BCUT2D eigenvalue weighted by Gasteiger charge is -2.22. The van der Waals surface area contributed by atoms with Gasteiger partial charge in [-0.05, 0) is 24.6 Å². The number of likely N-dealkylation sites (N-methyl/N-ethyl adjacent to an activating group) is 1. The molecule has 0 spiro atoms. The van der Waals surface area contributed by atoms with E-state index in [0.29, 0.717) is 11.0 Å². The summed E-state index contributed by atoms with van der Waals surface area (Å²) in [6, 6.07) is 5.84. The van der Waals surface area contributed by atoms with E-state index in [1.807, 2.05) is 18.2 Å². The fraction of sp³-hybridized carbons (Fsp3) is 0.500. The molecular weight excluding hydrogens is 457 g/mol. The number of carbonyl (C=O) groups excluding carboxylic acids is 1. The van der Waals surface area contributed by atoms with Crippen molar-refractivity contribution in [2.24, 2.45) is 4.99 Å². The monoisotopic (exact) mass is 481 g/mol. The molecule has 0 bridgehead atoms. The lowest BCUT2D eigenvalue weighted by Crippen LogP contribution is -2.47. The third kappa shape index (κ3) is 6.10. The Hall–Kier alpha value is -1.42. The maximum atomic E-state index is 11.3. The third-order valence-electron chi connectivity index (χ3n) is 3.93. The second kappa shape index (κ2) is 10.5. The Morgan fingerprint density at radius 1 is 1.48 bits per heavy atom. The molecular formula is C16H25ClIN5O2. The molecule has 1 unspecified atom stereocenters. The van der Waals surface area contributed by atoms with Crippen LogP contribution in [0.3, 0.4) is 0 Å². The van der Waals surface area contributed by atoms with E-state index < -0.39 is 0 Å². The van der Waals surface area contributed by atoms with Crippen molar-refractivity contribution >= 4 is 53.1 Å². The summed E-state index contributed by atoms with van der Waals surface area (Å²) >= 11 is 6.12. The molecule has 1 saturated heterocycles. The van der Waals surface area contributed by atoms with Crippen LogP contribution in [-0.2, 0) is 4.79 Å². The average molecular weight is 482 g/mol. The highest BCUT2D eigenvalue weighted by atomic mass is 127. The minimum Gasteiger partial charge on any atom is -0.495 e. The zero-order valence-corrected chi connectivity index (χ0v) is 17.7. The quantitative estimate of drug-likeness (QED) is 0.337. The number of halogens is 2. The highest BCUT2D eigenvalue weighted by molar-refractivity contribution is 14.0. The van der Waals surface area contributed by atoms with E-state index >= 15 is 0 Å². The van der Waals surface area contributed by atoms with Crippen molar-refractivity contribution in [3.63, 3.8) is 0 Å². The molecule has 1 atom stereocenters. The molecule has 1 fully saturated rings.